The Morgan fingerprint density at radius 3 is 2.40 bits per heavy atom. The molecule has 0 radical (unpaired) electrons. The molecule has 12 heteroatoms. The summed E-state index contributed by atoms with van der Waals surface area (Å²) in [5.74, 6) is -1.24. The van der Waals surface area contributed by atoms with Crippen molar-refractivity contribution in [2.45, 2.75) is 17.7 Å². The molecule has 0 bridgehead atoms. The normalized spacial score (nSPS) is 15.0. The molecular weight excluding hydrogens is 499 g/mol. The van der Waals surface area contributed by atoms with Gasteiger partial charge in [-0.15, -0.1) is 0 Å². The highest BCUT2D eigenvalue weighted by molar-refractivity contribution is 7.89. The van der Waals surface area contributed by atoms with Crippen LogP contribution in [0.2, 0.25) is 5.02 Å². The lowest BCUT2D eigenvalue weighted by molar-refractivity contribution is 0.0838. The van der Waals surface area contributed by atoms with Gasteiger partial charge in [0.1, 0.15) is 10.7 Å². The number of amides is 1. The van der Waals surface area contributed by atoms with Crippen molar-refractivity contribution in [3.63, 3.8) is 0 Å². The van der Waals surface area contributed by atoms with Crippen molar-refractivity contribution in [3.05, 3.63) is 52.3 Å². The number of anilines is 1. The maximum absolute atomic E-state index is 13.1. The predicted octanol–water partition coefficient (Wildman–Crippen LogP) is 2.50. The van der Waals surface area contributed by atoms with Crippen LogP contribution in [0, 0.1) is 11.7 Å². The molecule has 1 amide bonds. The number of piperidine rings is 1. The van der Waals surface area contributed by atoms with Gasteiger partial charge in [-0.2, -0.15) is 0 Å². The highest BCUT2D eigenvalue weighted by Crippen LogP contribution is 2.39. The average Bonchev–Trinajstić information content (AvgIpc) is 2.83. The molecular formula is C23H28ClFN4O5S. The Morgan fingerprint density at radius 1 is 1.23 bits per heavy atom. The Hall–Kier alpha value is -2.73. The summed E-state index contributed by atoms with van der Waals surface area (Å²) in [6.07, 6.45) is 1.33. The molecule has 0 aromatic heterocycles. The van der Waals surface area contributed by atoms with Gasteiger partial charge in [0.05, 0.1) is 23.4 Å². The molecule has 0 atom stereocenters. The molecule has 190 valence electrons. The molecule has 1 fully saturated rings. The van der Waals surface area contributed by atoms with E-state index >= 15 is 0 Å². The molecule has 0 aliphatic carbocycles. The van der Waals surface area contributed by atoms with Gasteiger partial charge in [0.25, 0.3) is 5.91 Å². The maximum Gasteiger partial charge on any atom is 0.255 e. The molecule has 1 saturated heterocycles. The van der Waals surface area contributed by atoms with Gasteiger partial charge >= 0.3 is 0 Å². The quantitative estimate of drug-likeness (QED) is 0.428. The van der Waals surface area contributed by atoms with Crippen molar-refractivity contribution in [1.82, 2.24) is 10.2 Å². The maximum atomic E-state index is 13.1. The van der Waals surface area contributed by atoms with Crippen LogP contribution in [-0.4, -0.2) is 65.3 Å². The molecule has 0 saturated carbocycles. The molecule has 2 aromatic carbocycles. The second kappa shape index (κ2) is 11.3. The van der Waals surface area contributed by atoms with Crippen LogP contribution in [0.5, 0.6) is 5.75 Å². The van der Waals surface area contributed by atoms with E-state index in [1.165, 1.54) is 44.5 Å². The van der Waals surface area contributed by atoms with Crippen molar-refractivity contribution in [1.29, 1.82) is 0 Å². The zero-order chi connectivity index (χ0) is 25.8. The number of carbonyl (C=O) groups excluding carboxylic acids is 2. The first kappa shape index (κ1) is 26.9. The molecule has 3 rings (SSSR count). The van der Waals surface area contributed by atoms with Gasteiger partial charge in [-0.25, -0.2) is 17.9 Å². The van der Waals surface area contributed by atoms with Crippen molar-refractivity contribution < 1.29 is 27.1 Å². The molecule has 1 heterocycles. The van der Waals surface area contributed by atoms with Crippen LogP contribution in [0.15, 0.2) is 35.2 Å². The molecule has 9 nitrogen and oxygen atoms in total. The third-order valence-corrected chi connectivity index (χ3v) is 7.23. The number of nitrogens with one attached hydrogen (secondary N) is 2. The molecule has 0 unspecified atom stereocenters. The highest BCUT2D eigenvalue weighted by atomic mass is 35.5. The minimum atomic E-state index is -4.25. The molecule has 0 spiro atoms. The number of ether oxygens (including phenoxy) is 1. The molecule has 1 aliphatic rings. The van der Waals surface area contributed by atoms with E-state index in [0.29, 0.717) is 38.0 Å². The first-order valence-corrected chi connectivity index (χ1v) is 12.9. The number of benzene rings is 2. The smallest absolute Gasteiger partial charge is 0.255 e. The number of nitrogens with zero attached hydrogens (tertiary/aromatic N) is 1. The predicted molar refractivity (Wildman–Crippen MR) is 131 cm³/mol. The first-order chi connectivity index (χ1) is 16.6. The number of carbonyl (C=O) groups is 2. The van der Waals surface area contributed by atoms with Crippen LogP contribution in [0.25, 0.3) is 0 Å². The minimum Gasteiger partial charge on any atom is -0.494 e. The van der Waals surface area contributed by atoms with Gasteiger partial charge in [-0.05, 0) is 56.3 Å². The molecule has 2 aromatic rings. The highest BCUT2D eigenvalue weighted by Gasteiger charge is 2.29. The number of halogens is 2. The Kier molecular flexibility index (Phi) is 8.70. The number of rotatable bonds is 9. The number of hydrogen-bond donors (Lipinski definition) is 3. The van der Waals surface area contributed by atoms with Crippen LogP contribution in [-0.2, 0) is 10.0 Å². The van der Waals surface area contributed by atoms with E-state index in [0.717, 1.165) is 0 Å². The number of ketones is 1. The van der Waals surface area contributed by atoms with E-state index in [4.69, 9.17) is 21.5 Å². The third-order valence-electron chi connectivity index (χ3n) is 5.97. The Morgan fingerprint density at radius 2 is 1.86 bits per heavy atom. The Balaban J connectivity index is 1.59. The van der Waals surface area contributed by atoms with Crippen LogP contribution < -0.4 is 20.5 Å². The summed E-state index contributed by atoms with van der Waals surface area (Å²) in [7, 11) is -1.53. The van der Waals surface area contributed by atoms with Gasteiger partial charge in [-0.3, -0.25) is 9.59 Å². The van der Waals surface area contributed by atoms with E-state index in [2.05, 4.69) is 15.5 Å². The number of nitrogens with two attached hydrogens (primary N) is 1. The molecule has 1 aliphatic heterocycles. The van der Waals surface area contributed by atoms with E-state index in [1.54, 1.807) is 0 Å². The van der Waals surface area contributed by atoms with Gasteiger partial charge < -0.3 is 20.3 Å². The minimum absolute atomic E-state index is 0.00960. The lowest BCUT2D eigenvalue weighted by Crippen LogP contribution is -2.41. The monoisotopic (exact) mass is 526 g/mol. The fraction of sp³-hybridized carbons (Fsp3) is 0.391. The van der Waals surface area contributed by atoms with Crippen LogP contribution in [0.4, 0.5) is 10.1 Å². The fourth-order valence-electron chi connectivity index (χ4n) is 4.18. The third kappa shape index (κ3) is 6.29. The van der Waals surface area contributed by atoms with Gasteiger partial charge in [-0.1, -0.05) is 11.6 Å². The summed E-state index contributed by atoms with van der Waals surface area (Å²) >= 11 is 6.19. The number of methoxy groups -OCH3 is 1. The number of Topliss-reactive ketones (excluding diaryl/α,β-unsaturated/α-hetero) is 1. The van der Waals surface area contributed by atoms with Crippen molar-refractivity contribution in [2.24, 2.45) is 11.1 Å². The number of primary sulfonamides is 1. The number of likely N-dealkylation sites (tertiary alicyclic amines) is 1. The summed E-state index contributed by atoms with van der Waals surface area (Å²) in [5, 5.41) is 10.8. The van der Waals surface area contributed by atoms with Crippen LogP contribution in [0.1, 0.15) is 33.6 Å². The van der Waals surface area contributed by atoms with Gasteiger partial charge in [0.15, 0.2) is 11.5 Å². The van der Waals surface area contributed by atoms with Gasteiger partial charge in [0, 0.05) is 31.6 Å². The number of hydrogen-bond acceptors (Lipinski definition) is 7. The van der Waals surface area contributed by atoms with Crippen molar-refractivity contribution in [2.75, 3.05) is 45.7 Å². The standard InChI is InChI=1S/C23H28ClFN4O5S/c1-27-19-18(24)13-17(21(34-2)22(19)35(26,32)33)23(31)28-9-12-29-10-7-15(8-11-29)20(30)14-3-5-16(25)6-4-14/h3-6,13,15,27H,7-12H2,1-2H3,(H,28,31)(H2,26,32,33). The van der Waals surface area contributed by atoms with E-state index in [-0.39, 0.29) is 46.1 Å². The lowest BCUT2D eigenvalue weighted by Gasteiger charge is -2.31. The molecule has 35 heavy (non-hydrogen) atoms. The summed E-state index contributed by atoms with van der Waals surface area (Å²) in [5.41, 5.74) is 0.498. The zero-order valence-corrected chi connectivity index (χ0v) is 21.0. The van der Waals surface area contributed by atoms with E-state index in [9.17, 15) is 22.4 Å². The first-order valence-electron chi connectivity index (χ1n) is 11.0. The van der Waals surface area contributed by atoms with Crippen LogP contribution in [0.3, 0.4) is 0 Å². The van der Waals surface area contributed by atoms with Crippen LogP contribution >= 0.6 is 11.6 Å². The van der Waals surface area contributed by atoms with Crippen molar-refractivity contribution in [3.8, 4) is 5.75 Å². The summed E-state index contributed by atoms with van der Waals surface area (Å²) in [6, 6.07) is 6.90. The largest absolute Gasteiger partial charge is 0.494 e. The van der Waals surface area contributed by atoms with Gasteiger partial charge in [0.2, 0.25) is 10.0 Å². The fourth-order valence-corrected chi connectivity index (χ4v) is 5.48. The summed E-state index contributed by atoms with van der Waals surface area (Å²) in [6.45, 7) is 2.18. The zero-order valence-electron chi connectivity index (χ0n) is 19.4. The Labute approximate surface area is 208 Å². The van der Waals surface area contributed by atoms with E-state index < -0.39 is 20.8 Å². The van der Waals surface area contributed by atoms with Crippen molar-refractivity contribution >= 4 is 39.0 Å². The second-order valence-corrected chi connectivity index (χ2v) is 10.1. The topological polar surface area (TPSA) is 131 Å². The Bertz CT molecular complexity index is 1200. The summed E-state index contributed by atoms with van der Waals surface area (Å²) in [4.78, 5) is 27.2. The average molecular weight is 527 g/mol. The SMILES string of the molecule is CNc1c(Cl)cc(C(=O)NCCN2CCC(C(=O)c3ccc(F)cc3)CC2)c(OC)c1S(N)(=O)=O. The summed E-state index contributed by atoms with van der Waals surface area (Å²) < 4.78 is 42.6. The lowest BCUT2D eigenvalue weighted by atomic mass is 9.89. The number of sulfonamides is 1. The van der Waals surface area contributed by atoms with E-state index in [1.807, 2.05) is 0 Å². The second-order valence-electron chi connectivity index (χ2n) is 8.18. The molecule has 4 N–H and O–H groups in total.